The zero-order chi connectivity index (χ0) is 39.0. The van der Waals surface area contributed by atoms with E-state index in [1.165, 1.54) is 27.9 Å². The average molecular weight is 732 g/mol. The maximum Gasteiger partial charge on any atom is 0.311 e. The first-order chi connectivity index (χ1) is 23.4. The Morgan fingerprint density at radius 1 is 0.863 bits per heavy atom. The lowest BCUT2D eigenvalue weighted by atomic mass is 9.74. The lowest BCUT2D eigenvalue weighted by molar-refractivity contribution is -0.305. The molecule has 0 radical (unpaired) electrons. The Balaban J connectivity index is 2.19. The van der Waals surface area contributed by atoms with E-state index in [4.69, 9.17) is 28.4 Å². The molecule has 0 aromatic carbocycles. The number of methoxy groups -OCH3 is 1. The summed E-state index contributed by atoms with van der Waals surface area (Å²) in [6, 6.07) is -0.518. The maximum atomic E-state index is 14.1. The molecule has 3 heterocycles. The zero-order valence-electron chi connectivity index (χ0n) is 32.8. The first-order valence-corrected chi connectivity index (χ1v) is 18.4. The van der Waals surface area contributed by atoms with Crippen molar-refractivity contribution in [1.29, 1.82) is 0 Å². The SMILES string of the molecule is CC[C@H]1OC(=O)[C@H](C)[C@@H](O[C@H]2C[C@@](C)(OC)[C@@H](O)[C@H](C)O2)[C@H](C)[C@@H](O[C@@H]2O[C@H](C)C[C@H](N(C)C)C2=O)[C@](C)(O)C[C@@H](C)C(=O)[C@H](C)[C@@H](O)[C@]1(C)O. The number of nitrogens with zero attached hydrogens (tertiary/aromatic N) is 1. The topological polar surface area (TPSA) is 191 Å². The van der Waals surface area contributed by atoms with E-state index < -0.39 is 107 Å². The van der Waals surface area contributed by atoms with Crippen LogP contribution in [0.4, 0.5) is 0 Å². The molecular formula is C37H65NO13. The van der Waals surface area contributed by atoms with E-state index in [0.29, 0.717) is 6.42 Å². The Morgan fingerprint density at radius 2 is 1.47 bits per heavy atom. The fraction of sp³-hybridized carbons (Fsp3) is 0.919. The van der Waals surface area contributed by atoms with Gasteiger partial charge in [-0.2, -0.15) is 0 Å². The van der Waals surface area contributed by atoms with E-state index in [2.05, 4.69) is 0 Å². The summed E-state index contributed by atoms with van der Waals surface area (Å²) in [5.74, 6) is -5.45. The fourth-order valence-electron chi connectivity index (χ4n) is 8.23. The molecule has 0 saturated carbocycles. The van der Waals surface area contributed by atoms with Crippen LogP contribution < -0.4 is 0 Å². The van der Waals surface area contributed by atoms with E-state index in [1.54, 1.807) is 60.5 Å². The van der Waals surface area contributed by atoms with Gasteiger partial charge >= 0.3 is 5.97 Å². The van der Waals surface area contributed by atoms with Crippen molar-refractivity contribution in [2.75, 3.05) is 21.2 Å². The number of aliphatic hydroxyl groups is 4. The van der Waals surface area contributed by atoms with Crippen molar-refractivity contribution in [2.24, 2.45) is 23.7 Å². The number of likely N-dealkylation sites (N-methyl/N-ethyl adjacent to an activating group) is 1. The van der Waals surface area contributed by atoms with Gasteiger partial charge in [0.15, 0.2) is 6.29 Å². The van der Waals surface area contributed by atoms with E-state index in [9.17, 15) is 34.8 Å². The Morgan fingerprint density at radius 3 is 2.02 bits per heavy atom. The predicted octanol–water partition coefficient (Wildman–Crippen LogP) is 1.99. The molecule has 14 nitrogen and oxygen atoms in total. The number of esters is 1. The first kappa shape index (κ1) is 43.8. The van der Waals surface area contributed by atoms with Gasteiger partial charge in [-0.1, -0.05) is 27.7 Å². The predicted molar refractivity (Wildman–Crippen MR) is 185 cm³/mol. The molecule has 14 heteroatoms. The molecule has 0 aliphatic carbocycles. The van der Waals surface area contributed by atoms with Crippen molar-refractivity contribution >= 4 is 17.5 Å². The molecule has 0 bridgehead atoms. The molecule has 3 rings (SSSR count). The van der Waals surface area contributed by atoms with Crippen molar-refractivity contribution in [3.05, 3.63) is 0 Å². The number of carbonyl (C=O) groups is 3. The van der Waals surface area contributed by atoms with Gasteiger partial charge < -0.3 is 48.8 Å². The number of aliphatic hydroxyl groups excluding tert-OH is 2. The minimum absolute atomic E-state index is 0.0794. The second-order valence-electron chi connectivity index (χ2n) is 16.3. The van der Waals surface area contributed by atoms with E-state index in [0.717, 1.165) is 0 Å². The molecule has 3 aliphatic rings. The molecule has 51 heavy (non-hydrogen) atoms. The summed E-state index contributed by atoms with van der Waals surface area (Å²) in [5, 5.41) is 46.1. The van der Waals surface area contributed by atoms with Gasteiger partial charge in [0.05, 0.1) is 53.7 Å². The summed E-state index contributed by atoms with van der Waals surface area (Å²) in [5.41, 5.74) is -4.90. The number of Topliss-reactive ketones (excluding diaryl/α,β-unsaturated/α-hetero) is 2. The van der Waals surface area contributed by atoms with Crippen LogP contribution >= 0.6 is 0 Å². The van der Waals surface area contributed by atoms with Gasteiger partial charge in [0.2, 0.25) is 12.1 Å². The van der Waals surface area contributed by atoms with Crippen molar-refractivity contribution in [1.82, 2.24) is 4.90 Å². The average Bonchev–Trinajstić information content (AvgIpc) is 3.05. The van der Waals surface area contributed by atoms with Crippen LogP contribution in [0, 0.1) is 23.7 Å². The molecule has 0 unspecified atom stereocenters. The van der Waals surface area contributed by atoms with Crippen LogP contribution in [0.2, 0.25) is 0 Å². The van der Waals surface area contributed by atoms with E-state index in [-0.39, 0.29) is 31.1 Å². The normalized spacial score (nSPS) is 48.3. The molecule has 0 aromatic rings. The highest BCUT2D eigenvalue weighted by atomic mass is 16.7. The first-order valence-electron chi connectivity index (χ1n) is 18.4. The number of cyclic esters (lactones) is 1. The van der Waals surface area contributed by atoms with E-state index in [1.807, 2.05) is 6.92 Å². The third-order valence-corrected chi connectivity index (χ3v) is 11.6. The number of ketones is 2. The molecule has 3 aliphatic heterocycles. The number of hydrogen-bond acceptors (Lipinski definition) is 14. The van der Waals surface area contributed by atoms with Gasteiger partial charge in [-0.3, -0.25) is 19.3 Å². The third-order valence-electron chi connectivity index (χ3n) is 11.6. The van der Waals surface area contributed by atoms with Gasteiger partial charge in [-0.05, 0) is 74.9 Å². The van der Waals surface area contributed by atoms with Crippen LogP contribution in [-0.4, -0.2) is 142 Å². The van der Waals surface area contributed by atoms with Gasteiger partial charge in [0.1, 0.15) is 23.6 Å². The summed E-state index contributed by atoms with van der Waals surface area (Å²) < 4.78 is 36.8. The Kier molecular flexibility index (Phi) is 14.5. The van der Waals surface area contributed by atoms with Crippen LogP contribution in [-0.2, 0) is 42.8 Å². The summed E-state index contributed by atoms with van der Waals surface area (Å²) in [6.45, 7) is 16.1. The van der Waals surface area contributed by atoms with Crippen molar-refractivity contribution in [3.63, 3.8) is 0 Å². The van der Waals surface area contributed by atoms with Crippen LogP contribution in [0.15, 0.2) is 0 Å². The number of rotatable bonds is 7. The molecule has 296 valence electrons. The second-order valence-corrected chi connectivity index (χ2v) is 16.3. The Bertz CT molecular complexity index is 1210. The molecule has 3 saturated heterocycles. The quantitative estimate of drug-likeness (QED) is 0.278. The standard InChI is InChI=1S/C37H65NO13/c1-14-25-37(10,45)30(41)20(4)27(39)18(2)16-35(8,44)32(51-34-28(40)24(38(11)12)15-19(3)47-34)21(5)29(22(6)33(43)49-25)50-26-17-36(9,46-13)31(42)23(7)48-26/h18-26,29-32,34,41-42,44-45H,14-17H2,1-13H3/t18-,19-,20+,21+,22-,23+,24+,25-,26+,29+,30-,31+,32-,34+,35-,36-,37-/m1/s1. The van der Waals surface area contributed by atoms with Crippen LogP contribution in [0.3, 0.4) is 0 Å². The molecule has 0 spiro atoms. The smallest absolute Gasteiger partial charge is 0.311 e. The van der Waals surface area contributed by atoms with Crippen LogP contribution in [0.1, 0.15) is 94.9 Å². The minimum Gasteiger partial charge on any atom is -0.459 e. The van der Waals surface area contributed by atoms with E-state index >= 15 is 0 Å². The van der Waals surface area contributed by atoms with Gasteiger partial charge in [0, 0.05) is 31.3 Å². The molecular weight excluding hydrogens is 666 g/mol. The van der Waals surface area contributed by atoms with Crippen LogP contribution in [0.25, 0.3) is 0 Å². The molecule has 0 amide bonds. The highest BCUT2D eigenvalue weighted by molar-refractivity contribution is 5.87. The molecule has 0 aromatic heterocycles. The Hall–Kier alpha value is -1.59. The zero-order valence-corrected chi connectivity index (χ0v) is 32.8. The summed E-state index contributed by atoms with van der Waals surface area (Å²) in [4.78, 5) is 43.4. The second kappa shape index (κ2) is 16.8. The van der Waals surface area contributed by atoms with Crippen molar-refractivity contribution < 1.29 is 63.2 Å². The van der Waals surface area contributed by atoms with Gasteiger partial charge in [-0.15, -0.1) is 0 Å². The highest BCUT2D eigenvalue weighted by Crippen LogP contribution is 2.40. The monoisotopic (exact) mass is 731 g/mol. The largest absolute Gasteiger partial charge is 0.459 e. The lowest BCUT2D eigenvalue weighted by Gasteiger charge is -2.48. The molecule has 17 atom stereocenters. The summed E-state index contributed by atoms with van der Waals surface area (Å²) in [6.07, 6.45) is -9.16. The molecule has 4 N–H and O–H groups in total. The highest BCUT2D eigenvalue weighted by Gasteiger charge is 2.53. The van der Waals surface area contributed by atoms with Crippen molar-refractivity contribution in [2.45, 2.75) is 173 Å². The Labute approximate surface area is 303 Å². The fourth-order valence-corrected chi connectivity index (χ4v) is 8.23. The molecule has 3 fully saturated rings. The minimum atomic E-state index is -2.00. The third kappa shape index (κ3) is 9.38. The van der Waals surface area contributed by atoms with Crippen LogP contribution in [0.5, 0.6) is 0 Å². The number of ether oxygens (including phenoxy) is 6. The van der Waals surface area contributed by atoms with Gasteiger partial charge in [0.25, 0.3) is 0 Å². The summed E-state index contributed by atoms with van der Waals surface area (Å²) >= 11 is 0. The number of carbonyl (C=O) groups excluding carboxylic acids is 3. The lowest BCUT2D eigenvalue weighted by Crippen LogP contribution is -2.60. The number of hydrogen-bond donors (Lipinski definition) is 4. The van der Waals surface area contributed by atoms with Crippen molar-refractivity contribution in [3.8, 4) is 0 Å². The summed E-state index contributed by atoms with van der Waals surface area (Å²) in [7, 11) is 5.05. The maximum absolute atomic E-state index is 14.1. The van der Waals surface area contributed by atoms with Gasteiger partial charge in [-0.25, -0.2) is 0 Å².